The molecule has 0 radical (unpaired) electrons. The highest BCUT2D eigenvalue weighted by molar-refractivity contribution is 5.97. The van der Waals surface area contributed by atoms with Gasteiger partial charge in [0.15, 0.2) is 0 Å². The molecule has 0 unspecified atom stereocenters. The SMILES string of the molecule is O=C(NN=Cc1ccc2ccccc2c1)c1ccc(NC(=O)C2CCCCC2)cc1. The fourth-order valence-corrected chi connectivity index (χ4v) is 3.83. The van der Waals surface area contributed by atoms with Gasteiger partial charge in [-0.1, -0.05) is 55.7 Å². The van der Waals surface area contributed by atoms with Gasteiger partial charge in [0, 0.05) is 17.2 Å². The maximum absolute atomic E-state index is 12.3. The third-order valence-corrected chi connectivity index (χ3v) is 5.54. The molecule has 1 aliphatic rings. The minimum absolute atomic E-state index is 0.0758. The van der Waals surface area contributed by atoms with Crippen LogP contribution in [0.1, 0.15) is 48.0 Å². The van der Waals surface area contributed by atoms with Crippen LogP contribution in [0, 0.1) is 5.92 Å². The van der Waals surface area contributed by atoms with Crippen molar-refractivity contribution < 1.29 is 9.59 Å². The zero-order valence-corrected chi connectivity index (χ0v) is 16.8. The van der Waals surface area contributed by atoms with Crippen LogP contribution in [-0.4, -0.2) is 18.0 Å². The molecular weight excluding hydrogens is 374 g/mol. The van der Waals surface area contributed by atoms with Crippen molar-refractivity contribution in [2.24, 2.45) is 11.0 Å². The van der Waals surface area contributed by atoms with Crippen molar-refractivity contribution in [3.8, 4) is 0 Å². The summed E-state index contributed by atoms with van der Waals surface area (Å²) in [6, 6.07) is 21.0. The van der Waals surface area contributed by atoms with E-state index < -0.39 is 0 Å². The molecule has 3 aromatic rings. The predicted octanol–water partition coefficient (Wildman–Crippen LogP) is 5.12. The molecule has 2 N–H and O–H groups in total. The molecule has 0 spiro atoms. The second-order valence-electron chi connectivity index (χ2n) is 7.71. The number of hydrazone groups is 1. The molecule has 0 atom stereocenters. The number of hydrogen-bond acceptors (Lipinski definition) is 3. The van der Waals surface area contributed by atoms with Gasteiger partial charge >= 0.3 is 0 Å². The highest BCUT2D eigenvalue weighted by Crippen LogP contribution is 2.25. The Labute approximate surface area is 176 Å². The topological polar surface area (TPSA) is 70.6 Å². The lowest BCUT2D eigenvalue weighted by atomic mass is 9.88. The third kappa shape index (κ3) is 4.92. The molecule has 2 amide bonds. The molecule has 0 aromatic heterocycles. The van der Waals surface area contributed by atoms with Crippen LogP contribution >= 0.6 is 0 Å². The second kappa shape index (κ2) is 9.35. The van der Waals surface area contributed by atoms with Gasteiger partial charge in [-0.2, -0.15) is 5.10 Å². The van der Waals surface area contributed by atoms with E-state index in [4.69, 9.17) is 0 Å². The van der Waals surface area contributed by atoms with Gasteiger partial charge in [0.25, 0.3) is 5.91 Å². The van der Waals surface area contributed by atoms with E-state index in [1.54, 1.807) is 30.5 Å². The predicted molar refractivity (Wildman–Crippen MR) is 121 cm³/mol. The van der Waals surface area contributed by atoms with Gasteiger partial charge in [0.2, 0.25) is 5.91 Å². The van der Waals surface area contributed by atoms with Crippen LogP contribution in [0.2, 0.25) is 0 Å². The summed E-state index contributed by atoms with van der Waals surface area (Å²) < 4.78 is 0. The first-order valence-corrected chi connectivity index (χ1v) is 10.4. The highest BCUT2D eigenvalue weighted by atomic mass is 16.2. The number of amides is 2. The molecule has 0 saturated heterocycles. The van der Waals surface area contributed by atoms with Gasteiger partial charge < -0.3 is 5.32 Å². The number of rotatable bonds is 5. The van der Waals surface area contributed by atoms with Crippen molar-refractivity contribution in [3.05, 3.63) is 77.9 Å². The van der Waals surface area contributed by atoms with E-state index in [0.717, 1.165) is 42.0 Å². The highest BCUT2D eigenvalue weighted by Gasteiger charge is 2.21. The van der Waals surface area contributed by atoms with Crippen LogP contribution in [0.3, 0.4) is 0 Å². The number of nitrogens with one attached hydrogen (secondary N) is 2. The molecule has 1 aliphatic carbocycles. The van der Waals surface area contributed by atoms with Crippen LogP contribution in [0.5, 0.6) is 0 Å². The van der Waals surface area contributed by atoms with E-state index in [2.05, 4.69) is 21.9 Å². The van der Waals surface area contributed by atoms with Gasteiger partial charge in [-0.25, -0.2) is 5.43 Å². The van der Waals surface area contributed by atoms with Gasteiger partial charge in [-0.3, -0.25) is 9.59 Å². The molecule has 1 saturated carbocycles. The normalized spacial score (nSPS) is 14.7. The van der Waals surface area contributed by atoms with E-state index in [-0.39, 0.29) is 17.7 Å². The molecule has 4 rings (SSSR count). The fourth-order valence-electron chi connectivity index (χ4n) is 3.83. The molecule has 5 heteroatoms. The van der Waals surface area contributed by atoms with Crippen LogP contribution in [0.4, 0.5) is 5.69 Å². The first-order chi connectivity index (χ1) is 14.7. The Balaban J connectivity index is 1.32. The van der Waals surface area contributed by atoms with E-state index in [9.17, 15) is 9.59 Å². The van der Waals surface area contributed by atoms with Crippen molar-refractivity contribution >= 4 is 34.5 Å². The summed E-state index contributed by atoms with van der Waals surface area (Å²) in [5.74, 6) is -0.116. The molecule has 5 nitrogen and oxygen atoms in total. The molecule has 0 heterocycles. The maximum atomic E-state index is 12.3. The van der Waals surface area contributed by atoms with Crippen LogP contribution in [0.15, 0.2) is 71.8 Å². The molecule has 0 aliphatic heterocycles. The van der Waals surface area contributed by atoms with Crippen LogP contribution in [0.25, 0.3) is 10.8 Å². The van der Waals surface area contributed by atoms with Crippen LogP contribution < -0.4 is 10.7 Å². The number of anilines is 1. The van der Waals surface area contributed by atoms with Gasteiger partial charge in [0.1, 0.15) is 0 Å². The van der Waals surface area contributed by atoms with Gasteiger partial charge in [-0.05, 0) is 59.5 Å². The van der Waals surface area contributed by atoms with Gasteiger partial charge in [-0.15, -0.1) is 0 Å². The Morgan fingerprint density at radius 2 is 1.60 bits per heavy atom. The summed E-state index contributed by atoms with van der Waals surface area (Å²) in [7, 11) is 0. The van der Waals surface area contributed by atoms with E-state index >= 15 is 0 Å². The monoisotopic (exact) mass is 399 g/mol. The minimum atomic E-state index is -0.294. The number of carbonyl (C=O) groups is 2. The number of carbonyl (C=O) groups excluding carboxylic acids is 2. The average molecular weight is 399 g/mol. The van der Waals surface area contributed by atoms with Crippen molar-refractivity contribution in [1.82, 2.24) is 5.43 Å². The maximum Gasteiger partial charge on any atom is 0.271 e. The molecule has 152 valence electrons. The summed E-state index contributed by atoms with van der Waals surface area (Å²) in [5.41, 5.74) is 4.66. The third-order valence-electron chi connectivity index (χ3n) is 5.54. The molecule has 30 heavy (non-hydrogen) atoms. The standard InChI is InChI=1S/C25H25N3O2/c29-24(20-7-2-1-3-8-20)27-23-14-12-21(13-15-23)25(30)28-26-17-18-10-11-19-6-4-5-9-22(19)16-18/h4-6,9-17,20H,1-3,7-8H2,(H,27,29)(H,28,30). The van der Waals surface area contributed by atoms with Crippen molar-refractivity contribution in [2.45, 2.75) is 32.1 Å². The number of benzene rings is 3. The minimum Gasteiger partial charge on any atom is -0.326 e. The summed E-state index contributed by atoms with van der Waals surface area (Å²) in [6.45, 7) is 0. The summed E-state index contributed by atoms with van der Waals surface area (Å²) in [6.07, 6.45) is 7.01. The van der Waals surface area contributed by atoms with Crippen LogP contribution in [-0.2, 0) is 4.79 Å². The summed E-state index contributed by atoms with van der Waals surface area (Å²) >= 11 is 0. The summed E-state index contributed by atoms with van der Waals surface area (Å²) in [5, 5.41) is 9.30. The van der Waals surface area contributed by atoms with Crippen molar-refractivity contribution in [2.75, 3.05) is 5.32 Å². The first kappa shape index (κ1) is 19.8. The van der Waals surface area contributed by atoms with Crippen molar-refractivity contribution in [3.63, 3.8) is 0 Å². The summed E-state index contributed by atoms with van der Waals surface area (Å²) in [4.78, 5) is 24.7. The Morgan fingerprint density at radius 1 is 0.867 bits per heavy atom. The van der Waals surface area contributed by atoms with E-state index in [1.807, 2.05) is 36.4 Å². The Bertz CT molecular complexity index is 1070. The Kier molecular flexibility index (Phi) is 6.18. The largest absolute Gasteiger partial charge is 0.326 e. The quantitative estimate of drug-likeness (QED) is 0.462. The number of hydrogen-bond donors (Lipinski definition) is 2. The number of fused-ring (bicyclic) bond motifs is 1. The van der Waals surface area contributed by atoms with Gasteiger partial charge in [0.05, 0.1) is 6.21 Å². The van der Waals surface area contributed by atoms with E-state index in [1.165, 1.54) is 6.42 Å². The van der Waals surface area contributed by atoms with E-state index in [0.29, 0.717) is 11.3 Å². The average Bonchev–Trinajstić information content (AvgIpc) is 2.80. The zero-order valence-electron chi connectivity index (χ0n) is 16.8. The van der Waals surface area contributed by atoms with Crippen molar-refractivity contribution in [1.29, 1.82) is 0 Å². The zero-order chi connectivity index (χ0) is 20.8. The Morgan fingerprint density at radius 3 is 2.37 bits per heavy atom. The lowest BCUT2D eigenvalue weighted by Gasteiger charge is -2.20. The fraction of sp³-hybridized carbons (Fsp3) is 0.240. The number of nitrogens with zero attached hydrogens (tertiary/aromatic N) is 1. The molecule has 3 aromatic carbocycles. The molecule has 1 fully saturated rings. The Hall–Kier alpha value is -3.47. The smallest absolute Gasteiger partial charge is 0.271 e. The first-order valence-electron chi connectivity index (χ1n) is 10.4. The lowest BCUT2D eigenvalue weighted by molar-refractivity contribution is -0.120. The second-order valence-corrected chi connectivity index (χ2v) is 7.71. The molecular formula is C25H25N3O2. The molecule has 0 bridgehead atoms. The lowest BCUT2D eigenvalue weighted by Crippen LogP contribution is -2.24.